The second-order valence-electron chi connectivity index (χ2n) is 9.70. The normalized spacial score (nSPS) is 18.5. The third-order valence-corrected chi connectivity index (χ3v) is 7.77. The van der Waals surface area contributed by atoms with E-state index in [0.717, 1.165) is 60.3 Å². The molecule has 1 aromatic heterocycles. The highest BCUT2D eigenvalue weighted by Crippen LogP contribution is 2.32. The van der Waals surface area contributed by atoms with Crippen LogP contribution >= 0.6 is 15.9 Å². The lowest BCUT2D eigenvalue weighted by Crippen LogP contribution is -2.28. The van der Waals surface area contributed by atoms with Crippen molar-refractivity contribution in [1.29, 1.82) is 0 Å². The molecule has 4 rings (SSSR count). The largest absolute Gasteiger partial charge is 0.362 e. The van der Waals surface area contributed by atoms with Crippen LogP contribution in [-0.2, 0) is 12.8 Å². The first-order valence-corrected chi connectivity index (χ1v) is 13.3. The zero-order chi connectivity index (χ0) is 23.0. The predicted molar refractivity (Wildman–Crippen MR) is 143 cm³/mol. The Balaban J connectivity index is 1.16. The number of anilines is 1. The van der Waals surface area contributed by atoms with Gasteiger partial charge < -0.3 is 10.2 Å². The van der Waals surface area contributed by atoms with Crippen molar-refractivity contribution in [3.63, 3.8) is 0 Å². The number of hydrogen-bond acceptors (Lipinski definition) is 4. The van der Waals surface area contributed by atoms with Crippen molar-refractivity contribution in [2.24, 2.45) is 11.8 Å². The summed E-state index contributed by atoms with van der Waals surface area (Å²) in [7, 11) is 4.12. The number of para-hydroxylation sites is 1. The summed E-state index contributed by atoms with van der Waals surface area (Å²) >= 11 is 3.65. The first-order valence-electron chi connectivity index (χ1n) is 12.5. The van der Waals surface area contributed by atoms with Crippen molar-refractivity contribution in [2.75, 3.05) is 32.1 Å². The van der Waals surface area contributed by atoms with Crippen LogP contribution in [0.5, 0.6) is 0 Å². The van der Waals surface area contributed by atoms with Gasteiger partial charge in [-0.25, -0.2) is 9.97 Å². The van der Waals surface area contributed by atoms with E-state index in [-0.39, 0.29) is 0 Å². The third kappa shape index (κ3) is 6.77. The SMILES string of the molecule is CN(C)c1nc(CCCC2CCC(CNCCc3ccccc3Br)CC2)nc2ccccc12. The van der Waals surface area contributed by atoms with Crippen LogP contribution in [0.1, 0.15) is 49.9 Å². The predicted octanol–water partition coefficient (Wildman–Crippen LogP) is 6.42. The zero-order valence-electron chi connectivity index (χ0n) is 20.1. The number of nitrogens with one attached hydrogen (secondary N) is 1. The molecule has 1 N–H and O–H groups in total. The van der Waals surface area contributed by atoms with E-state index >= 15 is 0 Å². The minimum absolute atomic E-state index is 0.840. The summed E-state index contributed by atoms with van der Waals surface area (Å²) in [5.74, 6) is 3.73. The van der Waals surface area contributed by atoms with E-state index in [4.69, 9.17) is 9.97 Å². The van der Waals surface area contributed by atoms with Gasteiger partial charge in [0, 0.05) is 30.4 Å². The van der Waals surface area contributed by atoms with Gasteiger partial charge in [0.1, 0.15) is 11.6 Å². The summed E-state index contributed by atoms with van der Waals surface area (Å²) in [6, 6.07) is 16.9. The Morgan fingerprint density at radius 2 is 1.64 bits per heavy atom. The van der Waals surface area contributed by atoms with Gasteiger partial charge in [-0.15, -0.1) is 0 Å². The molecule has 5 heteroatoms. The van der Waals surface area contributed by atoms with E-state index in [9.17, 15) is 0 Å². The van der Waals surface area contributed by atoms with Crippen LogP contribution in [0.3, 0.4) is 0 Å². The number of benzene rings is 2. The highest BCUT2D eigenvalue weighted by Gasteiger charge is 2.21. The number of rotatable bonds is 10. The van der Waals surface area contributed by atoms with Gasteiger partial charge in [-0.2, -0.15) is 0 Å². The summed E-state index contributed by atoms with van der Waals surface area (Å²) in [5, 5.41) is 4.83. The third-order valence-electron chi connectivity index (χ3n) is 6.99. The number of halogens is 1. The smallest absolute Gasteiger partial charge is 0.139 e. The fraction of sp³-hybridized carbons (Fsp3) is 0.500. The monoisotopic (exact) mass is 508 g/mol. The molecule has 3 aromatic rings. The summed E-state index contributed by atoms with van der Waals surface area (Å²) in [4.78, 5) is 11.8. The van der Waals surface area contributed by atoms with Gasteiger partial charge in [0.25, 0.3) is 0 Å². The molecule has 0 bridgehead atoms. The molecule has 1 aliphatic carbocycles. The maximum absolute atomic E-state index is 4.87. The molecule has 0 unspecified atom stereocenters. The van der Waals surface area contributed by atoms with Gasteiger partial charge in [0.2, 0.25) is 0 Å². The summed E-state index contributed by atoms with van der Waals surface area (Å²) in [5.41, 5.74) is 2.45. The number of aryl methyl sites for hydroxylation is 1. The molecule has 0 radical (unpaired) electrons. The van der Waals surface area contributed by atoms with E-state index in [2.05, 4.69) is 88.8 Å². The van der Waals surface area contributed by atoms with Gasteiger partial charge in [-0.1, -0.05) is 65.5 Å². The van der Waals surface area contributed by atoms with Crippen LogP contribution in [0, 0.1) is 11.8 Å². The standard InChI is InChI=1S/C28H37BrN4/c1-33(2)28-24-10-4-6-12-26(24)31-27(32-28)13-7-8-21-14-16-22(17-15-21)20-30-19-18-23-9-3-5-11-25(23)29/h3-6,9-12,21-22,30H,7-8,13-20H2,1-2H3. The van der Waals surface area contributed by atoms with Crippen molar-refractivity contribution in [3.8, 4) is 0 Å². The van der Waals surface area contributed by atoms with E-state index in [1.165, 1.54) is 48.6 Å². The second kappa shape index (κ2) is 11.9. The Morgan fingerprint density at radius 3 is 2.42 bits per heavy atom. The Labute approximate surface area is 207 Å². The van der Waals surface area contributed by atoms with Crippen LogP contribution in [0.2, 0.25) is 0 Å². The average Bonchev–Trinajstić information content (AvgIpc) is 2.83. The van der Waals surface area contributed by atoms with Crippen LogP contribution in [0.15, 0.2) is 53.0 Å². The van der Waals surface area contributed by atoms with E-state index in [1.54, 1.807) is 0 Å². The van der Waals surface area contributed by atoms with Crippen molar-refractivity contribution in [2.45, 2.75) is 51.4 Å². The quantitative estimate of drug-likeness (QED) is 0.320. The molecule has 1 fully saturated rings. The van der Waals surface area contributed by atoms with Gasteiger partial charge >= 0.3 is 0 Å². The summed E-state index contributed by atoms with van der Waals surface area (Å²) in [6.07, 6.45) is 10.0. The molecule has 0 atom stereocenters. The Morgan fingerprint density at radius 1 is 0.909 bits per heavy atom. The molecule has 0 aliphatic heterocycles. The lowest BCUT2D eigenvalue weighted by Gasteiger charge is -2.28. The van der Waals surface area contributed by atoms with Gasteiger partial charge in [0.05, 0.1) is 5.52 Å². The number of nitrogens with zero attached hydrogens (tertiary/aromatic N) is 3. The van der Waals surface area contributed by atoms with Crippen LogP contribution < -0.4 is 10.2 Å². The topological polar surface area (TPSA) is 41.1 Å². The lowest BCUT2D eigenvalue weighted by molar-refractivity contribution is 0.254. The molecule has 2 aromatic carbocycles. The minimum atomic E-state index is 0.840. The zero-order valence-corrected chi connectivity index (χ0v) is 21.7. The molecule has 0 spiro atoms. The number of hydrogen-bond donors (Lipinski definition) is 1. The van der Waals surface area contributed by atoms with Gasteiger partial charge in [0.15, 0.2) is 0 Å². The molecule has 0 saturated heterocycles. The Hall–Kier alpha value is -1.98. The van der Waals surface area contributed by atoms with Gasteiger partial charge in [-0.05, 0) is 74.4 Å². The maximum Gasteiger partial charge on any atom is 0.139 e. The molecule has 176 valence electrons. The fourth-order valence-corrected chi connectivity index (χ4v) is 5.55. The highest BCUT2D eigenvalue weighted by molar-refractivity contribution is 9.10. The molecular formula is C28H37BrN4. The molecule has 1 heterocycles. The molecule has 0 amide bonds. The fourth-order valence-electron chi connectivity index (χ4n) is 5.06. The molecule has 1 aliphatic rings. The van der Waals surface area contributed by atoms with Crippen molar-refractivity contribution in [1.82, 2.24) is 15.3 Å². The average molecular weight is 510 g/mol. The maximum atomic E-state index is 4.87. The van der Waals surface area contributed by atoms with Crippen LogP contribution in [-0.4, -0.2) is 37.2 Å². The van der Waals surface area contributed by atoms with Crippen LogP contribution in [0.25, 0.3) is 10.9 Å². The second-order valence-corrected chi connectivity index (χ2v) is 10.6. The first-order chi connectivity index (χ1) is 16.1. The molecule has 33 heavy (non-hydrogen) atoms. The Bertz CT molecular complexity index is 1030. The van der Waals surface area contributed by atoms with E-state index < -0.39 is 0 Å². The van der Waals surface area contributed by atoms with Crippen molar-refractivity contribution in [3.05, 3.63) is 64.4 Å². The molecular weight excluding hydrogens is 472 g/mol. The highest BCUT2D eigenvalue weighted by atomic mass is 79.9. The number of fused-ring (bicyclic) bond motifs is 1. The first kappa shape index (κ1) is 24.2. The van der Waals surface area contributed by atoms with Crippen LogP contribution in [0.4, 0.5) is 5.82 Å². The van der Waals surface area contributed by atoms with E-state index in [1.807, 2.05) is 0 Å². The number of aromatic nitrogens is 2. The van der Waals surface area contributed by atoms with Crippen molar-refractivity contribution < 1.29 is 0 Å². The Kier molecular flexibility index (Phi) is 8.74. The molecule has 4 nitrogen and oxygen atoms in total. The van der Waals surface area contributed by atoms with Gasteiger partial charge in [-0.3, -0.25) is 0 Å². The summed E-state index contributed by atoms with van der Waals surface area (Å²) in [6.45, 7) is 2.22. The molecule has 1 saturated carbocycles. The summed E-state index contributed by atoms with van der Waals surface area (Å²) < 4.78 is 1.22. The minimum Gasteiger partial charge on any atom is -0.362 e. The van der Waals surface area contributed by atoms with Crippen molar-refractivity contribution >= 4 is 32.7 Å². The van der Waals surface area contributed by atoms with E-state index in [0.29, 0.717) is 0 Å². The lowest BCUT2D eigenvalue weighted by atomic mass is 9.80.